The highest BCUT2D eigenvalue weighted by atomic mass is 16.5. The lowest BCUT2D eigenvalue weighted by molar-refractivity contribution is -0.0599. The van der Waals surface area contributed by atoms with Crippen LogP contribution in [0.2, 0.25) is 0 Å². The Morgan fingerprint density at radius 1 is 1.12 bits per heavy atom. The molecule has 0 radical (unpaired) electrons. The molecule has 0 spiro atoms. The largest absolute Gasteiger partial charge is 0.389 e. The highest BCUT2D eigenvalue weighted by Gasteiger charge is 2.33. The van der Waals surface area contributed by atoms with Crippen LogP contribution in [0.3, 0.4) is 0 Å². The zero-order chi connectivity index (χ0) is 16.7. The van der Waals surface area contributed by atoms with E-state index >= 15 is 0 Å². The summed E-state index contributed by atoms with van der Waals surface area (Å²) in [6.45, 7) is 2.53. The van der Waals surface area contributed by atoms with Gasteiger partial charge in [0.25, 0.3) is 0 Å². The van der Waals surface area contributed by atoms with Gasteiger partial charge in [0, 0.05) is 25.3 Å². The van der Waals surface area contributed by atoms with Crippen LogP contribution in [0.15, 0.2) is 30.3 Å². The number of aliphatic hydroxyl groups excluding tert-OH is 1. The van der Waals surface area contributed by atoms with Crippen molar-refractivity contribution >= 4 is 0 Å². The van der Waals surface area contributed by atoms with E-state index in [0.717, 1.165) is 38.9 Å². The number of aliphatic hydroxyl groups is 1. The van der Waals surface area contributed by atoms with Gasteiger partial charge in [0.05, 0.1) is 18.8 Å². The first-order chi connectivity index (χ1) is 11.8. The van der Waals surface area contributed by atoms with Crippen molar-refractivity contribution in [1.29, 1.82) is 0 Å². The van der Waals surface area contributed by atoms with Crippen molar-refractivity contribution in [2.45, 2.75) is 62.7 Å². The Morgan fingerprint density at radius 2 is 1.83 bits per heavy atom. The summed E-state index contributed by atoms with van der Waals surface area (Å²) in [5, 5.41) is 14.0. The molecule has 2 aliphatic rings. The molecule has 1 saturated carbocycles. The van der Waals surface area contributed by atoms with Gasteiger partial charge in [-0.1, -0.05) is 49.6 Å². The molecule has 4 nitrogen and oxygen atoms in total. The van der Waals surface area contributed by atoms with E-state index in [1.54, 1.807) is 0 Å². The van der Waals surface area contributed by atoms with Crippen molar-refractivity contribution in [3.05, 3.63) is 35.9 Å². The van der Waals surface area contributed by atoms with E-state index in [4.69, 9.17) is 9.47 Å². The van der Waals surface area contributed by atoms with Gasteiger partial charge in [-0.15, -0.1) is 0 Å². The number of benzene rings is 1. The highest BCUT2D eigenvalue weighted by molar-refractivity contribution is 5.25. The predicted octanol–water partition coefficient (Wildman–Crippen LogP) is 2.99. The minimum absolute atomic E-state index is 0.0131. The fourth-order valence-electron chi connectivity index (χ4n) is 3.94. The lowest BCUT2D eigenvalue weighted by Crippen LogP contribution is -2.48. The number of hydrogen-bond donors (Lipinski definition) is 2. The topological polar surface area (TPSA) is 50.7 Å². The van der Waals surface area contributed by atoms with Gasteiger partial charge in [0.2, 0.25) is 0 Å². The second-order valence-corrected chi connectivity index (χ2v) is 7.19. The van der Waals surface area contributed by atoms with Gasteiger partial charge in [0.1, 0.15) is 0 Å². The van der Waals surface area contributed by atoms with E-state index in [1.807, 2.05) is 0 Å². The average Bonchev–Trinajstić information content (AvgIpc) is 2.67. The maximum absolute atomic E-state index is 10.4. The van der Waals surface area contributed by atoms with Crippen molar-refractivity contribution in [3.63, 3.8) is 0 Å². The van der Waals surface area contributed by atoms with Gasteiger partial charge in [-0.25, -0.2) is 0 Å². The number of rotatable bonds is 7. The Morgan fingerprint density at radius 3 is 2.54 bits per heavy atom. The van der Waals surface area contributed by atoms with E-state index in [2.05, 4.69) is 35.6 Å². The smallest absolute Gasteiger partial charge is 0.0898 e. The molecular weight excluding hydrogens is 302 g/mol. The summed E-state index contributed by atoms with van der Waals surface area (Å²) in [6, 6.07) is 10.7. The highest BCUT2D eigenvalue weighted by Crippen LogP contribution is 2.37. The number of nitrogens with one attached hydrogen (secondary N) is 1. The van der Waals surface area contributed by atoms with E-state index in [-0.39, 0.29) is 11.6 Å². The third-order valence-corrected chi connectivity index (χ3v) is 5.40. The second kappa shape index (κ2) is 8.95. The summed E-state index contributed by atoms with van der Waals surface area (Å²) in [4.78, 5) is 0. The summed E-state index contributed by atoms with van der Waals surface area (Å²) in [7, 11) is 0. The molecule has 4 heteroatoms. The first-order valence-corrected chi connectivity index (χ1v) is 9.46. The van der Waals surface area contributed by atoms with Crippen LogP contribution in [0.5, 0.6) is 0 Å². The fourth-order valence-corrected chi connectivity index (χ4v) is 3.94. The van der Waals surface area contributed by atoms with Crippen LogP contribution < -0.4 is 5.32 Å². The van der Waals surface area contributed by atoms with E-state index in [1.165, 1.54) is 24.8 Å². The maximum atomic E-state index is 10.4. The van der Waals surface area contributed by atoms with Gasteiger partial charge in [-0.05, 0) is 31.2 Å². The molecule has 0 aromatic heterocycles. The van der Waals surface area contributed by atoms with Crippen LogP contribution in [0.4, 0.5) is 0 Å². The van der Waals surface area contributed by atoms with E-state index in [0.29, 0.717) is 13.2 Å². The zero-order valence-electron chi connectivity index (χ0n) is 14.6. The lowest BCUT2D eigenvalue weighted by atomic mass is 9.76. The maximum Gasteiger partial charge on any atom is 0.0898 e. The quantitative estimate of drug-likeness (QED) is 0.805. The Labute approximate surface area is 145 Å². The summed E-state index contributed by atoms with van der Waals surface area (Å²) >= 11 is 0. The van der Waals surface area contributed by atoms with Gasteiger partial charge < -0.3 is 19.9 Å². The summed E-state index contributed by atoms with van der Waals surface area (Å²) < 4.78 is 11.2. The number of ether oxygens (including phenoxy) is 2. The van der Waals surface area contributed by atoms with Crippen molar-refractivity contribution in [2.24, 2.45) is 0 Å². The minimum atomic E-state index is -0.463. The zero-order valence-corrected chi connectivity index (χ0v) is 14.6. The van der Waals surface area contributed by atoms with Crippen molar-refractivity contribution in [3.8, 4) is 0 Å². The molecule has 0 bridgehead atoms. The molecular formula is C20H31NO3. The minimum Gasteiger partial charge on any atom is -0.389 e. The van der Waals surface area contributed by atoms with Crippen molar-refractivity contribution in [2.75, 3.05) is 26.4 Å². The van der Waals surface area contributed by atoms with Crippen LogP contribution in [0.1, 0.15) is 50.5 Å². The molecule has 134 valence electrons. The van der Waals surface area contributed by atoms with Gasteiger partial charge in [-0.2, -0.15) is 0 Å². The molecule has 1 atom stereocenters. The molecule has 1 aliphatic carbocycles. The SMILES string of the molecule is OC(CNC1(c2ccccc2)CCCCC1)COC1CCOCC1. The fraction of sp³-hybridized carbons (Fsp3) is 0.700. The Bertz CT molecular complexity index is 467. The summed E-state index contributed by atoms with van der Waals surface area (Å²) in [5.41, 5.74) is 1.36. The molecule has 1 aromatic rings. The van der Waals surface area contributed by atoms with Gasteiger partial charge in [-0.3, -0.25) is 0 Å². The normalized spacial score (nSPS) is 23.0. The lowest BCUT2D eigenvalue weighted by Gasteiger charge is -2.39. The van der Waals surface area contributed by atoms with Crippen molar-refractivity contribution in [1.82, 2.24) is 5.32 Å². The van der Waals surface area contributed by atoms with E-state index in [9.17, 15) is 5.11 Å². The van der Waals surface area contributed by atoms with Crippen LogP contribution in [0, 0.1) is 0 Å². The molecule has 1 saturated heterocycles. The van der Waals surface area contributed by atoms with Gasteiger partial charge in [0.15, 0.2) is 0 Å². The predicted molar refractivity (Wildman–Crippen MR) is 95.0 cm³/mol. The Balaban J connectivity index is 1.51. The molecule has 24 heavy (non-hydrogen) atoms. The molecule has 2 fully saturated rings. The Hall–Kier alpha value is -0.940. The summed E-state index contributed by atoms with van der Waals surface area (Å²) in [5.74, 6) is 0. The number of hydrogen-bond acceptors (Lipinski definition) is 4. The Kier molecular flexibility index (Phi) is 6.67. The van der Waals surface area contributed by atoms with Crippen LogP contribution >= 0.6 is 0 Å². The van der Waals surface area contributed by atoms with E-state index < -0.39 is 6.10 Å². The molecule has 1 aliphatic heterocycles. The van der Waals surface area contributed by atoms with Crippen LogP contribution in [0.25, 0.3) is 0 Å². The van der Waals surface area contributed by atoms with Crippen LogP contribution in [-0.2, 0) is 15.0 Å². The second-order valence-electron chi connectivity index (χ2n) is 7.19. The first kappa shape index (κ1) is 17.9. The standard InChI is InChI=1S/C20H31NO3/c22-18(16-24-19-9-13-23-14-10-19)15-21-20(11-5-2-6-12-20)17-7-3-1-4-8-17/h1,3-4,7-8,18-19,21-22H,2,5-6,9-16H2. The summed E-state index contributed by atoms with van der Waals surface area (Å²) in [6.07, 6.45) is 7.75. The molecule has 1 unspecified atom stereocenters. The third-order valence-electron chi connectivity index (χ3n) is 5.40. The third kappa shape index (κ3) is 4.79. The molecule has 1 aromatic carbocycles. The van der Waals surface area contributed by atoms with Gasteiger partial charge >= 0.3 is 0 Å². The molecule has 2 N–H and O–H groups in total. The molecule has 3 rings (SSSR count). The monoisotopic (exact) mass is 333 g/mol. The van der Waals surface area contributed by atoms with Crippen molar-refractivity contribution < 1.29 is 14.6 Å². The first-order valence-electron chi connectivity index (χ1n) is 9.46. The molecule has 0 amide bonds. The average molecular weight is 333 g/mol. The van der Waals surface area contributed by atoms with Crippen LogP contribution in [-0.4, -0.2) is 43.7 Å². The molecule has 1 heterocycles.